The second-order valence-electron chi connectivity index (χ2n) is 4.85. The Hall–Kier alpha value is -1.66. The van der Waals surface area contributed by atoms with Crippen molar-refractivity contribution in [1.82, 2.24) is 0 Å². The number of ketones is 1. The Morgan fingerprint density at radius 1 is 1.29 bits per heavy atom. The molecule has 1 aliphatic heterocycles. The third-order valence-electron chi connectivity index (χ3n) is 3.71. The molecule has 0 spiro atoms. The minimum absolute atomic E-state index is 0.0825. The van der Waals surface area contributed by atoms with Gasteiger partial charge in [0.1, 0.15) is 0 Å². The predicted molar refractivity (Wildman–Crippen MR) is 61.7 cm³/mol. The minimum atomic E-state index is -0.924. The van der Waals surface area contributed by atoms with Crippen LogP contribution in [0.2, 0.25) is 0 Å². The van der Waals surface area contributed by atoms with Crippen LogP contribution in [0.5, 0.6) is 0 Å². The summed E-state index contributed by atoms with van der Waals surface area (Å²) >= 11 is 0. The summed E-state index contributed by atoms with van der Waals surface area (Å²) in [6.45, 7) is 0.471. The number of fused-ring (bicyclic) bond motifs is 1. The summed E-state index contributed by atoms with van der Waals surface area (Å²) in [6, 6.07) is 7.95. The van der Waals surface area contributed by atoms with Gasteiger partial charge in [-0.2, -0.15) is 5.26 Å². The van der Waals surface area contributed by atoms with Gasteiger partial charge < -0.3 is 4.74 Å². The average molecular weight is 227 g/mol. The van der Waals surface area contributed by atoms with Crippen molar-refractivity contribution in [3.63, 3.8) is 0 Å². The molecule has 2 aliphatic rings. The second kappa shape index (κ2) is 3.68. The van der Waals surface area contributed by atoms with Gasteiger partial charge in [-0.05, 0) is 36.5 Å². The SMILES string of the molecule is N#CC1(C(=O)c2ccc3c(c2)CCC3)COC1. The topological polar surface area (TPSA) is 50.1 Å². The summed E-state index contributed by atoms with van der Waals surface area (Å²) < 4.78 is 5.02. The fourth-order valence-electron chi connectivity index (χ4n) is 2.54. The molecule has 0 N–H and O–H groups in total. The van der Waals surface area contributed by atoms with Crippen molar-refractivity contribution in [3.05, 3.63) is 34.9 Å². The Morgan fingerprint density at radius 3 is 2.71 bits per heavy atom. The number of carbonyl (C=O) groups is 1. The zero-order chi connectivity index (χ0) is 11.9. The van der Waals surface area contributed by atoms with E-state index in [1.54, 1.807) is 0 Å². The van der Waals surface area contributed by atoms with Gasteiger partial charge in [-0.1, -0.05) is 12.1 Å². The smallest absolute Gasteiger partial charge is 0.187 e. The molecule has 0 bridgehead atoms. The Kier molecular flexibility index (Phi) is 2.27. The first-order chi connectivity index (χ1) is 8.25. The fourth-order valence-corrected chi connectivity index (χ4v) is 2.54. The van der Waals surface area contributed by atoms with Gasteiger partial charge in [0.05, 0.1) is 19.3 Å². The highest BCUT2D eigenvalue weighted by molar-refractivity contribution is 6.03. The molecule has 0 radical (unpaired) electrons. The van der Waals surface area contributed by atoms with Crippen molar-refractivity contribution >= 4 is 5.78 Å². The molecule has 3 rings (SSSR count). The van der Waals surface area contributed by atoms with E-state index in [2.05, 4.69) is 6.07 Å². The van der Waals surface area contributed by atoms with Crippen LogP contribution in [-0.4, -0.2) is 19.0 Å². The summed E-state index contributed by atoms with van der Waals surface area (Å²) in [5.41, 5.74) is 2.35. The van der Waals surface area contributed by atoms with Crippen molar-refractivity contribution < 1.29 is 9.53 Å². The minimum Gasteiger partial charge on any atom is -0.377 e. The van der Waals surface area contributed by atoms with E-state index in [9.17, 15) is 4.79 Å². The molecule has 1 fully saturated rings. The van der Waals surface area contributed by atoms with Gasteiger partial charge in [0.15, 0.2) is 11.2 Å². The molecule has 17 heavy (non-hydrogen) atoms. The summed E-state index contributed by atoms with van der Waals surface area (Å²) in [4.78, 5) is 12.3. The standard InChI is InChI=1S/C14H13NO2/c15-7-14(8-17-9-14)13(16)12-5-4-10-2-1-3-11(10)6-12/h4-6H,1-3,8-9H2. The molecule has 3 heteroatoms. The number of Topliss-reactive ketones (excluding diaryl/α,β-unsaturated/α-hetero) is 1. The van der Waals surface area contributed by atoms with Crippen molar-refractivity contribution in [3.8, 4) is 6.07 Å². The van der Waals surface area contributed by atoms with Crippen LogP contribution in [0.1, 0.15) is 27.9 Å². The Labute approximate surface area is 100 Å². The van der Waals surface area contributed by atoms with Gasteiger partial charge in [-0.25, -0.2) is 0 Å². The van der Waals surface area contributed by atoms with E-state index in [-0.39, 0.29) is 19.0 Å². The molecule has 0 saturated carbocycles. The van der Waals surface area contributed by atoms with Crippen LogP contribution < -0.4 is 0 Å². The maximum absolute atomic E-state index is 12.3. The van der Waals surface area contributed by atoms with E-state index in [0.717, 1.165) is 12.8 Å². The molecule has 1 saturated heterocycles. The van der Waals surface area contributed by atoms with Crippen molar-refractivity contribution in [1.29, 1.82) is 5.26 Å². The zero-order valence-electron chi connectivity index (χ0n) is 9.53. The van der Waals surface area contributed by atoms with E-state index in [4.69, 9.17) is 10.00 Å². The van der Waals surface area contributed by atoms with Crippen LogP contribution in [-0.2, 0) is 17.6 Å². The average Bonchev–Trinajstić information content (AvgIpc) is 2.74. The van der Waals surface area contributed by atoms with E-state index >= 15 is 0 Å². The van der Waals surface area contributed by atoms with E-state index in [0.29, 0.717) is 5.56 Å². The number of ether oxygens (including phenoxy) is 1. The molecule has 86 valence electrons. The van der Waals surface area contributed by atoms with E-state index in [1.165, 1.54) is 17.5 Å². The van der Waals surface area contributed by atoms with Gasteiger partial charge in [-0.3, -0.25) is 4.79 Å². The number of hydrogen-bond donors (Lipinski definition) is 0. The highest BCUT2D eigenvalue weighted by atomic mass is 16.5. The van der Waals surface area contributed by atoms with Crippen LogP contribution in [0.15, 0.2) is 18.2 Å². The molecule has 1 aromatic rings. The zero-order valence-corrected chi connectivity index (χ0v) is 9.53. The number of carbonyl (C=O) groups excluding carboxylic acids is 1. The Balaban J connectivity index is 1.95. The van der Waals surface area contributed by atoms with Gasteiger partial charge in [0.25, 0.3) is 0 Å². The van der Waals surface area contributed by atoms with Crippen molar-refractivity contribution in [2.45, 2.75) is 19.3 Å². The van der Waals surface area contributed by atoms with Gasteiger partial charge >= 0.3 is 0 Å². The largest absolute Gasteiger partial charge is 0.377 e. The number of nitrogens with zero attached hydrogens (tertiary/aromatic N) is 1. The molecule has 0 aromatic heterocycles. The molecule has 1 aromatic carbocycles. The lowest BCUT2D eigenvalue weighted by atomic mass is 9.79. The second-order valence-corrected chi connectivity index (χ2v) is 4.85. The predicted octanol–water partition coefficient (Wildman–Crippen LogP) is 1.90. The third-order valence-corrected chi connectivity index (χ3v) is 3.71. The van der Waals surface area contributed by atoms with Gasteiger partial charge in [-0.15, -0.1) is 0 Å². The molecular formula is C14H13NO2. The van der Waals surface area contributed by atoms with Gasteiger partial charge in [0.2, 0.25) is 0 Å². The van der Waals surface area contributed by atoms with Crippen LogP contribution in [0.25, 0.3) is 0 Å². The van der Waals surface area contributed by atoms with Crippen LogP contribution >= 0.6 is 0 Å². The lowest BCUT2D eigenvalue weighted by Gasteiger charge is -2.33. The highest BCUT2D eigenvalue weighted by Gasteiger charge is 2.46. The Morgan fingerprint density at radius 2 is 2.06 bits per heavy atom. The van der Waals surface area contributed by atoms with Crippen molar-refractivity contribution in [2.75, 3.05) is 13.2 Å². The lowest BCUT2D eigenvalue weighted by Crippen LogP contribution is -2.47. The first kappa shape index (κ1) is 10.5. The first-order valence-electron chi connectivity index (χ1n) is 5.91. The molecule has 0 amide bonds. The maximum Gasteiger partial charge on any atom is 0.187 e. The number of nitriles is 1. The summed E-state index contributed by atoms with van der Waals surface area (Å²) in [5.74, 6) is -0.0825. The van der Waals surface area contributed by atoms with E-state index in [1.807, 2.05) is 18.2 Å². The van der Waals surface area contributed by atoms with Crippen molar-refractivity contribution in [2.24, 2.45) is 5.41 Å². The number of hydrogen-bond acceptors (Lipinski definition) is 3. The first-order valence-corrected chi connectivity index (χ1v) is 5.91. The van der Waals surface area contributed by atoms with Crippen LogP contribution in [0.4, 0.5) is 0 Å². The molecular weight excluding hydrogens is 214 g/mol. The summed E-state index contributed by atoms with van der Waals surface area (Å²) in [7, 11) is 0. The maximum atomic E-state index is 12.3. The van der Waals surface area contributed by atoms with Gasteiger partial charge in [0, 0.05) is 5.56 Å². The van der Waals surface area contributed by atoms with E-state index < -0.39 is 5.41 Å². The summed E-state index contributed by atoms with van der Waals surface area (Å²) in [6.07, 6.45) is 3.32. The quantitative estimate of drug-likeness (QED) is 0.725. The summed E-state index contributed by atoms with van der Waals surface area (Å²) in [5, 5.41) is 9.11. The number of aryl methyl sites for hydroxylation is 2. The Bertz CT molecular complexity index is 524. The highest BCUT2D eigenvalue weighted by Crippen LogP contribution is 2.32. The number of benzene rings is 1. The monoisotopic (exact) mass is 227 g/mol. The molecule has 0 atom stereocenters. The van der Waals surface area contributed by atoms with Crippen LogP contribution in [0, 0.1) is 16.7 Å². The lowest BCUT2D eigenvalue weighted by molar-refractivity contribution is -0.0566. The third kappa shape index (κ3) is 1.49. The number of rotatable bonds is 2. The fraction of sp³-hybridized carbons (Fsp3) is 0.429. The molecule has 0 unspecified atom stereocenters. The molecule has 1 aliphatic carbocycles. The van der Waals surface area contributed by atoms with Crippen LogP contribution in [0.3, 0.4) is 0 Å². The molecule has 1 heterocycles. The molecule has 3 nitrogen and oxygen atoms in total. The normalized spacial score (nSPS) is 20.2.